The second-order valence-corrected chi connectivity index (χ2v) is 8.24. The van der Waals surface area contributed by atoms with Crippen molar-refractivity contribution in [1.29, 1.82) is 0 Å². The molecule has 3 rings (SSSR count). The third-order valence-corrected chi connectivity index (χ3v) is 5.89. The van der Waals surface area contributed by atoms with Gasteiger partial charge in [-0.15, -0.1) is 24.0 Å². The molecule has 7 heteroatoms. The molecule has 2 fully saturated rings. The number of benzene rings is 1. The lowest BCUT2D eigenvalue weighted by atomic mass is 10.0. The van der Waals surface area contributed by atoms with Crippen molar-refractivity contribution >= 4 is 41.7 Å². The average Bonchev–Trinajstić information content (AvgIpc) is 3.44. The van der Waals surface area contributed by atoms with Crippen LogP contribution in [-0.4, -0.2) is 43.1 Å². The number of aliphatic imine (C=N–C) groups is 1. The number of nitrogens with zero attached hydrogens (tertiary/aromatic N) is 2. The Morgan fingerprint density at radius 1 is 1.13 bits per heavy atom. The molecule has 0 radical (unpaired) electrons. The summed E-state index contributed by atoms with van der Waals surface area (Å²) in [6, 6.07) is 7.99. The Morgan fingerprint density at radius 3 is 2.63 bits per heavy atom. The van der Waals surface area contributed by atoms with E-state index >= 15 is 0 Å². The molecule has 2 amide bonds. The van der Waals surface area contributed by atoms with Crippen LogP contribution in [0.5, 0.6) is 0 Å². The molecule has 0 aromatic heterocycles. The molecule has 3 N–H and O–H groups in total. The van der Waals surface area contributed by atoms with E-state index in [0.717, 1.165) is 62.1 Å². The van der Waals surface area contributed by atoms with Crippen LogP contribution in [-0.2, 0) is 6.54 Å². The van der Waals surface area contributed by atoms with Gasteiger partial charge in [0.05, 0.1) is 6.54 Å². The lowest BCUT2D eigenvalue weighted by Gasteiger charge is -2.16. The summed E-state index contributed by atoms with van der Waals surface area (Å²) in [5, 5.41) is 9.80. The van der Waals surface area contributed by atoms with Crippen LogP contribution in [0.3, 0.4) is 0 Å². The van der Waals surface area contributed by atoms with Crippen LogP contribution >= 0.6 is 24.0 Å². The fourth-order valence-corrected chi connectivity index (χ4v) is 4.28. The molecule has 0 atom stereocenters. The highest BCUT2D eigenvalue weighted by atomic mass is 127. The summed E-state index contributed by atoms with van der Waals surface area (Å²) in [6.07, 6.45) is 10.4. The van der Waals surface area contributed by atoms with E-state index in [0.29, 0.717) is 6.54 Å². The molecule has 1 aliphatic heterocycles. The Hall–Kier alpha value is -1.51. The summed E-state index contributed by atoms with van der Waals surface area (Å²) in [5.74, 6) is 1.81. The van der Waals surface area contributed by atoms with Crippen LogP contribution in [0.1, 0.15) is 63.9 Å². The molecule has 2 aliphatic rings. The first kappa shape index (κ1) is 24.8. The summed E-state index contributed by atoms with van der Waals surface area (Å²) in [5.41, 5.74) is 1.93. The summed E-state index contributed by atoms with van der Waals surface area (Å²) < 4.78 is 0. The molecule has 6 nitrogen and oxygen atoms in total. The van der Waals surface area contributed by atoms with E-state index in [4.69, 9.17) is 4.99 Å². The zero-order valence-corrected chi connectivity index (χ0v) is 20.6. The topological polar surface area (TPSA) is 68.8 Å². The van der Waals surface area contributed by atoms with Gasteiger partial charge in [0.15, 0.2) is 5.96 Å². The first-order chi connectivity index (χ1) is 14.2. The number of carbonyl (C=O) groups is 1. The van der Waals surface area contributed by atoms with Crippen LogP contribution in [0.4, 0.5) is 10.5 Å². The monoisotopic (exact) mass is 527 g/mol. The second kappa shape index (κ2) is 13.7. The molecule has 0 bridgehead atoms. The fourth-order valence-electron chi connectivity index (χ4n) is 4.28. The quantitative estimate of drug-likeness (QED) is 0.194. The average molecular weight is 527 g/mol. The van der Waals surface area contributed by atoms with Crippen molar-refractivity contribution < 1.29 is 4.79 Å². The Kier molecular flexibility index (Phi) is 11.3. The number of nitrogens with one attached hydrogen (secondary N) is 3. The van der Waals surface area contributed by atoms with Gasteiger partial charge < -0.3 is 20.9 Å². The largest absolute Gasteiger partial charge is 0.357 e. The molecular formula is C23H38IN5O. The first-order valence-corrected chi connectivity index (χ1v) is 11.4. The summed E-state index contributed by atoms with van der Waals surface area (Å²) in [6.45, 7) is 6.20. The molecule has 1 aromatic rings. The molecule has 0 unspecified atom stereocenters. The lowest BCUT2D eigenvalue weighted by molar-refractivity contribution is 0.222. The smallest absolute Gasteiger partial charge is 0.321 e. The van der Waals surface area contributed by atoms with Crippen molar-refractivity contribution in [3.8, 4) is 0 Å². The number of guanidine groups is 1. The minimum absolute atomic E-state index is 0. The number of rotatable bonds is 8. The van der Waals surface area contributed by atoms with E-state index in [2.05, 4.69) is 28.9 Å². The lowest BCUT2D eigenvalue weighted by Crippen LogP contribution is -2.37. The highest BCUT2D eigenvalue weighted by molar-refractivity contribution is 14.0. The number of hydrogen-bond acceptors (Lipinski definition) is 2. The molecular weight excluding hydrogens is 489 g/mol. The highest BCUT2D eigenvalue weighted by Gasteiger charge is 2.17. The third-order valence-electron chi connectivity index (χ3n) is 5.89. The fraction of sp³-hybridized carbons (Fsp3) is 0.652. The zero-order valence-electron chi connectivity index (χ0n) is 18.3. The van der Waals surface area contributed by atoms with E-state index in [-0.39, 0.29) is 30.0 Å². The van der Waals surface area contributed by atoms with Gasteiger partial charge in [0.2, 0.25) is 0 Å². The number of urea groups is 1. The van der Waals surface area contributed by atoms with Crippen molar-refractivity contribution in [3.05, 3.63) is 29.8 Å². The number of hydrogen-bond donors (Lipinski definition) is 3. The maximum absolute atomic E-state index is 12.3. The Balaban J connectivity index is 0.00000320. The molecule has 1 heterocycles. The summed E-state index contributed by atoms with van der Waals surface area (Å²) in [7, 11) is 0. The van der Waals surface area contributed by atoms with Gasteiger partial charge in [-0.05, 0) is 56.2 Å². The van der Waals surface area contributed by atoms with Crippen LogP contribution in [0.15, 0.2) is 29.3 Å². The third kappa shape index (κ3) is 8.32. The summed E-state index contributed by atoms with van der Waals surface area (Å²) >= 11 is 0. The molecule has 168 valence electrons. The van der Waals surface area contributed by atoms with E-state index in [9.17, 15) is 4.79 Å². The minimum atomic E-state index is 0. The van der Waals surface area contributed by atoms with Gasteiger partial charge in [0, 0.05) is 31.9 Å². The van der Waals surface area contributed by atoms with Crippen molar-refractivity contribution in [2.45, 2.75) is 64.8 Å². The van der Waals surface area contributed by atoms with Gasteiger partial charge >= 0.3 is 6.03 Å². The molecule has 1 aromatic carbocycles. The Labute approximate surface area is 198 Å². The normalized spacial score (nSPS) is 17.0. The predicted molar refractivity (Wildman–Crippen MR) is 136 cm³/mol. The van der Waals surface area contributed by atoms with Gasteiger partial charge in [-0.1, -0.05) is 37.8 Å². The van der Waals surface area contributed by atoms with Gasteiger partial charge in [0.1, 0.15) is 0 Å². The van der Waals surface area contributed by atoms with E-state index in [1.165, 1.54) is 38.5 Å². The van der Waals surface area contributed by atoms with Crippen molar-refractivity contribution in [2.24, 2.45) is 10.9 Å². The SMILES string of the molecule is CCNC(=NCc1cccc(NC(=O)N2CCCC2)c1)NCCCC1CCCC1.I. The van der Waals surface area contributed by atoms with E-state index < -0.39 is 0 Å². The molecule has 1 saturated heterocycles. The van der Waals surface area contributed by atoms with Crippen LogP contribution in [0.25, 0.3) is 0 Å². The zero-order chi connectivity index (χ0) is 20.3. The second-order valence-electron chi connectivity index (χ2n) is 8.24. The van der Waals surface area contributed by atoms with E-state index in [1.807, 2.05) is 23.1 Å². The van der Waals surface area contributed by atoms with E-state index in [1.54, 1.807) is 0 Å². The van der Waals surface area contributed by atoms with Crippen molar-refractivity contribution in [2.75, 3.05) is 31.5 Å². The first-order valence-electron chi connectivity index (χ1n) is 11.4. The molecule has 1 aliphatic carbocycles. The number of carbonyl (C=O) groups excluding carboxylic acids is 1. The van der Waals surface area contributed by atoms with Crippen LogP contribution < -0.4 is 16.0 Å². The standard InChI is InChI=1S/C23H37N5O.HI/c1-2-24-22(25-14-8-12-19-9-3-4-10-19)26-18-20-11-7-13-21(17-20)27-23(29)28-15-5-6-16-28;/h7,11,13,17,19H,2-6,8-10,12,14-16,18H2,1H3,(H,27,29)(H2,24,25,26);1H. The Morgan fingerprint density at radius 2 is 1.90 bits per heavy atom. The maximum atomic E-state index is 12.3. The van der Waals surface area contributed by atoms with Crippen LogP contribution in [0.2, 0.25) is 0 Å². The number of halogens is 1. The minimum Gasteiger partial charge on any atom is -0.357 e. The van der Waals surface area contributed by atoms with Gasteiger partial charge in [0.25, 0.3) is 0 Å². The van der Waals surface area contributed by atoms with Crippen molar-refractivity contribution in [1.82, 2.24) is 15.5 Å². The molecule has 0 spiro atoms. The number of anilines is 1. The van der Waals surface area contributed by atoms with Gasteiger partial charge in [-0.25, -0.2) is 9.79 Å². The van der Waals surface area contributed by atoms with Crippen LogP contribution in [0, 0.1) is 5.92 Å². The highest BCUT2D eigenvalue weighted by Crippen LogP contribution is 2.28. The molecule has 30 heavy (non-hydrogen) atoms. The van der Waals surface area contributed by atoms with Gasteiger partial charge in [-0.2, -0.15) is 0 Å². The number of likely N-dealkylation sites (tertiary alicyclic amines) is 1. The number of amides is 2. The Bertz CT molecular complexity index is 669. The summed E-state index contributed by atoms with van der Waals surface area (Å²) in [4.78, 5) is 18.9. The molecule has 1 saturated carbocycles. The maximum Gasteiger partial charge on any atom is 0.321 e. The van der Waals surface area contributed by atoms with Crippen molar-refractivity contribution in [3.63, 3.8) is 0 Å². The van der Waals surface area contributed by atoms with Gasteiger partial charge in [-0.3, -0.25) is 0 Å². The predicted octanol–water partition coefficient (Wildman–Crippen LogP) is 4.96.